The number of nitrogens with two attached hydrogens (primary N) is 1. The Labute approximate surface area is 98.1 Å². The Balaban J connectivity index is 1.66. The minimum atomic E-state index is 0.562. The van der Waals surface area contributed by atoms with Crippen molar-refractivity contribution in [3.8, 4) is 0 Å². The van der Waals surface area contributed by atoms with Crippen LogP contribution in [0.3, 0.4) is 0 Å². The number of nitrogens with zero attached hydrogens (tertiary/aromatic N) is 1. The summed E-state index contributed by atoms with van der Waals surface area (Å²) >= 11 is 0. The smallest absolute Gasteiger partial charge is 0.0594 e. The van der Waals surface area contributed by atoms with Gasteiger partial charge in [0.2, 0.25) is 0 Å². The van der Waals surface area contributed by atoms with Crippen LogP contribution in [0.15, 0.2) is 0 Å². The highest BCUT2D eigenvalue weighted by Crippen LogP contribution is 2.39. The highest BCUT2D eigenvalue weighted by atomic mass is 16.5. The van der Waals surface area contributed by atoms with Gasteiger partial charge >= 0.3 is 0 Å². The van der Waals surface area contributed by atoms with Gasteiger partial charge in [-0.05, 0) is 31.2 Å². The maximum Gasteiger partial charge on any atom is 0.0594 e. The van der Waals surface area contributed by atoms with E-state index in [1.165, 1.54) is 32.4 Å². The zero-order valence-electron chi connectivity index (χ0n) is 10.1. The lowest BCUT2D eigenvalue weighted by Gasteiger charge is -2.33. The molecule has 0 aromatic carbocycles. The molecule has 4 nitrogen and oxygen atoms in total. The lowest BCUT2D eigenvalue weighted by atomic mass is 9.80. The van der Waals surface area contributed by atoms with E-state index < -0.39 is 0 Å². The predicted octanol–water partition coefficient (Wildman–Crippen LogP) is 0.464. The first-order valence-electron chi connectivity index (χ1n) is 6.43. The van der Waals surface area contributed by atoms with E-state index in [1.54, 1.807) is 0 Å². The molecule has 2 aliphatic rings. The van der Waals surface area contributed by atoms with Gasteiger partial charge in [0.25, 0.3) is 0 Å². The van der Waals surface area contributed by atoms with Crippen LogP contribution >= 0.6 is 0 Å². The lowest BCUT2D eigenvalue weighted by Crippen LogP contribution is -2.34. The van der Waals surface area contributed by atoms with Crippen LogP contribution < -0.4 is 5.73 Å². The van der Waals surface area contributed by atoms with Crippen molar-refractivity contribution in [3.63, 3.8) is 0 Å². The standard InChI is InChI=1S/C12H24N2O2/c13-4-9-16-10-6-14-5-1-12(11-14)2-7-15-8-3-12/h1-11,13H2. The van der Waals surface area contributed by atoms with Crippen molar-refractivity contribution in [3.05, 3.63) is 0 Å². The van der Waals surface area contributed by atoms with Crippen molar-refractivity contribution in [1.82, 2.24) is 4.90 Å². The molecule has 2 fully saturated rings. The quantitative estimate of drug-likeness (QED) is 0.695. The van der Waals surface area contributed by atoms with Crippen molar-refractivity contribution in [2.75, 3.05) is 52.6 Å². The zero-order chi connectivity index (χ0) is 11.3. The molecule has 0 unspecified atom stereocenters. The molecule has 2 rings (SSSR count). The number of rotatable bonds is 5. The molecule has 1 spiro atoms. The van der Waals surface area contributed by atoms with Crippen molar-refractivity contribution >= 4 is 0 Å². The average molecular weight is 228 g/mol. The number of ether oxygens (including phenoxy) is 2. The molecule has 0 atom stereocenters. The van der Waals surface area contributed by atoms with Gasteiger partial charge in [0, 0.05) is 32.8 Å². The number of hydrogen-bond acceptors (Lipinski definition) is 4. The van der Waals surface area contributed by atoms with Gasteiger partial charge in [-0.2, -0.15) is 0 Å². The molecule has 2 aliphatic heterocycles. The maximum atomic E-state index is 5.45. The summed E-state index contributed by atoms with van der Waals surface area (Å²) in [5.74, 6) is 0. The molecule has 2 saturated heterocycles. The molecule has 16 heavy (non-hydrogen) atoms. The topological polar surface area (TPSA) is 47.7 Å². The fraction of sp³-hybridized carbons (Fsp3) is 1.00. The van der Waals surface area contributed by atoms with Crippen molar-refractivity contribution in [1.29, 1.82) is 0 Å². The van der Waals surface area contributed by atoms with Crippen molar-refractivity contribution in [2.24, 2.45) is 11.1 Å². The Morgan fingerprint density at radius 1 is 1.19 bits per heavy atom. The third kappa shape index (κ3) is 3.17. The van der Waals surface area contributed by atoms with Crippen molar-refractivity contribution in [2.45, 2.75) is 19.3 Å². The highest BCUT2D eigenvalue weighted by Gasteiger charge is 2.38. The van der Waals surface area contributed by atoms with Crippen LogP contribution in [0.25, 0.3) is 0 Å². The molecular formula is C12H24N2O2. The first kappa shape index (κ1) is 12.3. The van der Waals surface area contributed by atoms with E-state index in [0.29, 0.717) is 18.6 Å². The van der Waals surface area contributed by atoms with Gasteiger partial charge in [-0.1, -0.05) is 0 Å². The molecule has 2 N–H and O–H groups in total. The Morgan fingerprint density at radius 3 is 2.75 bits per heavy atom. The predicted molar refractivity (Wildman–Crippen MR) is 63.4 cm³/mol. The molecule has 0 aliphatic carbocycles. The highest BCUT2D eigenvalue weighted by molar-refractivity contribution is 4.91. The van der Waals surface area contributed by atoms with Crippen LogP contribution in [0.1, 0.15) is 19.3 Å². The summed E-state index contributed by atoms with van der Waals surface area (Å²) in [6.45, 7) is 7.57. The molecular weight excluding hydrogens is 204 g/mol. The van der Waals surface area contributed by atoms with E-state index in [4.69, 9.17) is 15.2 Å². The normalized spacial score (nSPS) is 25.3. The molecule has 0 bridgehead atoms. The summed E-state index contributed by atoms with van der Waals surface area (Å²) in [4.78, 5) is 2.53. The van der Waals surface area contributed by atoms with Gasteiger partial charge in [-0.3, -0.25) is 0 Å². The summed E-state index contributed by atoms with van der Waals surface area (Å²) < 4.78 is 10.9. The first-order chi connectivity index (χ1) is 7.85. The van der Waals surface area contributed by atoms with E-state index in [2.05, 4.69) is 4.90 Å². The fourth-order valence-corrected chi connectivity index (χ4v) is 2.81. The number of likely N-dealkylation sites (tertiary alicyclic amines) is 1. The second-order valence-electron chi connectivity index (χ2n) is 5.04. The summed E-state index contributed by atoms with van der Waals surface area (Å²) in [7, 11) is 0. The molecule has 4 heteroatoms. The minimum absolute atomic E-state index is 0.562. The summed E-state index contributed by atoms with van der Waals surface area (Å²) in [5, 5.41) is 0. The van der Waals surface area contributed by atoms with Crippen LogP contribution in [0, 0.1) is 5.41 Å². The zero-order valence-corrected chi connectivity index (χ0v) is 10.1. The Kier molecular flexibility index (Phi) is 4.58. The molecule has 94 valence electrons. The monoisotopic (exact) mass is 228 g/mol. The van der Waals surface area contributed by atoms with Crippen LogP contribution in [0.2, 0.25) is 0 Å². The van der Waals surface area contributed by atoms with Gasteiger partial charge in [0.15, 0.2) is 0 Å². The van der Waals surface area contributed by atoms with Crippen molar-refractivity contribution < 1.29 is 9.47 Å². The molecule has 0 aromatic heterocycles. The number of hydrogen-bond donors (Lipinski definition) is 1. The lowest BCUT2D eigenvalue weighted by molar-refractivity contribution is 0.0177. The van der Waals surface area contributed by atoms with Gasteiger partial charge in [-0.15, -0.1) is 0 Å². The van der Waals surface area contributed by atoms with E-state index in [-0.39, 0.29) is 0 Å². The van der Waals surface area contributed by atoms with Gasteiger partial charge in [0.1, 0.15) is 0 Å². The fourth-order valence-electron chi connectivity index (χ4n) is 2.81. The van der Waals surface area contributed by atoms with Gasteiger partial charge in [-0.25, -0.2) is 0 Å². The second kappa shape index (κ2) is 5.96. The molecule has 0 saturated carbocycles. The third-order valence-corrected chi connectivity index (χ3v) is 3.88. The van der Waals surface area contributed by atoms with Crippen LogP contribution in [0.5, 0.6) is 0 Å². The maximum absolute atomic E-state index is 5.45. The molecule has 0 radical (unpaired) electrons. The molecule has 0 aromatic rings. The molecule has 0 amide bonds. The van der Waals surface area contributed by atoms with E-state index in [9.17, 15) is 0 Å². The van der Waals surface area contributed by atoms with E-state index in [1.807, 2.05) is 0 Å². The first-order valence-corrected chi connectivity index (χ1v) is 6.43. The second-order valence-corrected chi connectivity index (χ2v) is 5.04. The molecule has 2 heterocycles. The van der Waals surface area contributed by atoms with Crippen LogP contribution in [-0.2, 0) is 9.47 Å². The van der Waals surface area contributed by atoms with Crippen LogP contribution in [0.4, 0.5) is 0 Å². The minimum Gasteiger partial charge on any atom is -0.381 e. The van der Waals surface area contributed by atoms with Gasteiger partial charge < -0.3 is 20.1 Å². The largest absolute Gasteiger partial charge is 0.381 e. The summed E-state index contributed by atoms with van der Waals surface area (Å²) in [5.41, 5.74) is 5.94. The third-order valence-electron chi connectivity index (χ3n) is 3.88. The summed E-state index contributed by atoms with van der Waals surface area (Å²) in [6, 6.07) is 0. The average Bonchev–Trinajstić information content (AvgIpc) is 2.69. The van der Waals surface area contributed by atoms with E-state index in [0.717, 1.165) is 26.4 Å². The Bertz CT molecular complexity index is 205. The van der Waals surface area contributed by atoms with E-state index >= 15 is 0 Å². The Morgan fingerprint density at radius 2 is 2.00 bits per heavy atom. The van der Waals surface area contributed by atoms with Crippen LogP contribution in [-0.4, -0.2) is 57.5 Å². The SMILES string of the molecule is NCCOCCN1CCC2(CCOCC2)C1. The van der Waals surface area contributed by atoms with Gasteiger partial charge in [0.05, 0.1) is 13.2 Å². The summed E-state index contributed by atoms with van der Waals surface area (Å²) in [6.07, 6.45) is 3.83. The Hall–Kier alpha value is -0.160.